The van der Waals surface area contributed by atoms with E-state index in [1.807, 2.05) is 50.2 Å². The van der Waals surface area contributed by atoms with Crippen LogP contribution in [-0.4, -0.2) is 9.52 Å². The Kier molecular flexibility index (Phi) is 13.8. The minimum atomic E-state index is -4.29. The van der Waals surface area contributed by atoms with Crippen molar-refractivity contribution in [1.82, 2.24) is 0 Å². The molecule has 0 aliphatic heterocycles. The molecule has 6 aromatic carbocycles. The van der Waals surface area contributed by atoms with Crippen molar-refractivity contribution in [2.45, 2.75) is 39.3 Å². The van der Waals surface area contributed by atoms with E-state index >= 15 is 0 Å². The molecule has 0 saturated heterocycles. The summed E-state index contributed by atoms with van der Waals surface area (Å²) in [5, 5.41) is 4.37. The Hall–Kier alpha value is -2.81. The van der Waals surface area contributed by atoms with Gasteiger partial charge >= 0.3 is 48.0 Å². The van der Waals surface area contributed by atoms with Gasteiger partial charge in [0.05, 0.1) is 11.1 Å². The Morgan fingerprint density at radius 1 is 0.565 bits per heavy atom. The molecule has 2 radical (unpaired) electrons. The van der Waals surface area contributed by atoms with Gasteiger partial charge in [-0.3, -0.25) is 0 Å². The molecule has 240 valence electrons. The van der Waals surface area contributed by atoms with Crippen molar-refractivity contribution in [1.29, 1.82) is 0 Å². The first kappa shape index (κ1) is 37.6. The van der Waals surface area contributed by atoms with E-state index < -0.39 is 40.5 Å². The van der Waals surface area contributed by atoms with Gasteiger partial charge in [-0.2, -0.15) is 38.5 Å². The van der Waals surface area contributed by atoms with E-state index in [9.17, 15) is 26.3 Å². The Morgan fingerprint density at radius 3 is 1.15 bits per heavy atom. The second-order valence-corrected chi connectivity index (χ2v) is 14.0. The molecule has 0 heterocycles. The van der Waals surface area contributed by atoms with Crippen molar-refractivity contribution >= 4 is 49.7 Å². The summed E-state index contributed by atoms with van der Waals surface area (Å²) in [4.78, 5) is 0. The molecule has 0 aliphatic rings. The molecule has 6 rings (SSSR count). The average molecular weight is 723 g/mol. The first-order valence-electron chi connectivity index (χ1n) is 14.0. The molecule has 10 heteroatoms. The molecule has 0 amide bonds. The average Bonchev–Trinajstić information content (AvgIpc) is 3.58. The van der Waals surface area contributed by atoms with Gasteiger partial charge in [0, 0.05) is 9.52 Å². The van der Waals surface area contributed by atoms with Crippen LogP contribution in [0.15, 0.2) is 109 Å². The number of hydrogen-bond donors (Lipinski definition) is 0. The molecule has 0 atom stereocenters. The molecule has 0 N–H and O–H groups in total. The fourth-order valence-corrected chi connectivity index (χ4v) is 4.95. The van der Waals surface area contributed by atoms with E-state index in [0.717, 1.165) is 88.7 Å². The predicted molar refractivity (Wildman–Crippen MR) is 179 cm³/mol. The first-order chi connectivity index (χ1) is 21.7. The zero-order chi connectivity index (χ0) is 34.1. The second kappa shape index (κ2) is 16.8. The van der Waals surface area contributed by atoms with Crippen LogP contribution in [0.3, 0.4) is 0 Å². The van der Waals surface area contributed by atoms with Crippen LogP contribution in [0.25, 0.3) is 43.8 Å². The van der Waals surface area contributed by atoms with Gasteiger partial charge in [0.2, 0.25) is 0 Å². The molecule has 0 saturated carbocycles. The Balaban J connectivity index is 0.000000214. The van der Waals surface area contributed by atoms with E-state index in [4.69, 9.17) is 18.6 Å². The first-order valence-corrected chi connectivity index (χ1v) is 20.2. The van der Waals surface area contributed by atoms with Crippen molar-refractivity contribution in [3.05, 3.63) is 131 Å². The Labute approximate surface area is 284 Å². The van der Waals surface area contributed by atoms with Gasteiger partial charge in [0.15, 0.2) is 0 Å². The molecule has 0 aromatic heterocycles. The topological polar surface area (TPSA) is 0 Å². The van der Waals surface area contributed by atoms with Crippen LogP contribution in [0.4, 0.5) is 26.3 Å². The standard InChI is InChI=1S/2C17H12F3.C2H6Si.2ClH.Ti/c2*1-11-9-13-3-2-4-15(16(13)10-11)12-5-7-14(8-6-12)17(18,19)20;1-3-2;;;/h2*2-10H,1H3;1-2H3;2*1H;/q2*-1;;;;+2/p-2. The maximum atomic E-state index is 12.6. The molecule has 0 spiro atoms. The summed E-state index contributed by atoms with van der Waals surface area (Å²) in [7, 11) is 10.9. The summed E-state index contributed by atoms with van der Waals surface area (Å²) in [6.45, 7) is 8.33. The quantitative estimate of drug-likeness (QED) is 0.0948. The fraction of sp³-hybridized carbons (Fsp3) is 0.167. The van der Waals surface area contributed by atoms with Gasteiger partial charge in [0.1, 0.15) is 0 Å². The van der Waals surface area contributed by atoms with Crippen LogP contribution in [0.2, 0.25) is 13.1 Å². The van der Waals surface area contributed by atoms with Crippen molar-refractivity contribution < 1.29 is 43.4 Å². The monoisotopic (exact) mass is 722 g/mol. The molecule has 0 aliphatic carbocycles. The van der Waals surface area contributed by atoms with Crippen LogP contribution in [-0.2, 0) is 29.4 Å². The third kappa shape index (κ3) is 10.1. The van der Waals surface area contributed by atoms with E-state index in [1.54, 1.807) is 0 Å². The molecular weight excluding hydrogens is 693 g/mol. The summed E-state index contributed by atoms with van der Waals surface area (Å²) in [5.74, 6) is 0. The third-order valence-corrected chi connectivity index (χ3v) is 6.84. The number of benzene rings is 4. The van der Waals surface area contributed by atoms with Crippen molar-refractivity contribution in [2.75, 3.05) is 0 Å². The minimum absolute atomic E-state index is 0.556. The van der Waals surface area contributed by atoms with Gasteiger partial charge in [-0.05, 0) is 35.4 Å². The molecule has 6 aromatic rings. The van der Waals surface area contributed by atoms with Crippen LogP contribution in [0, 0.1) is 13.8 Å². The predicted octanol–water partition coefficient (Wildman–Crippen LogP) is 13.3. The van der Waals surface area contributed by atoms with Crippen LogP contribution >= 0.6 is 18.6 Å². The number of hydrogen-bond acceptors (Lipinski definition) is 0. The van der Waals surface area contributed by atoms with Gasteiger partial charge in [-0.25, -0.2) is 0 Å². The van der Waals surface area contributed by atoms with Crippen molar-refractivity contribution in [3.8, 4) is 22.3 Å². The van der Waals surface area contributed by atoms with Gasteiger partial charge < -0.3 is 0 Å². The SMILES string of the molecule is C[Si]C.Cc1cc2c(-c3ccc(C(F)(F)F)cc3)cccc2[cH-]1.Cc1cc2c(-c3ccc(C(F)(F)F)cc3)cccc2[cH-]1.[Cl][Ti][Cl]. The van der Waals surface area contributed by atoms with Gasteiger partial charge in [0.25, 0.3) is 0 Å². The third-order valence-electron chi connectivity index (χ3n) is 6.84. The normalized spacial score (nSPS) is 11.1. The summed E-state index contributed by atoms with van der Waals surface area (Å²) in [6.07, 6.45) is -8.58. The molecule has 46 heavy (non-hydrogen) atoms. The van der Waals surface area contributed by atoms with Crippen LogP contribution in [0.1, 0.15) is 22.3 Å². The number of rotatable bonds is 2. The van der Waals surface area contributed by atoms with E-state index in [-0.39, 0.29) is 0 Å². The van der Waals surface area contributed by atoms with E-state index in [1.165, 1.54) is 24.3 Å². The molecule has 0 nitrogen and oxygen atoms in total. The second-order valence-electron chi connectivity index (χ2n) is 10.4. The number of fused-ring (bicyclic) bond motifs is 2. The maximum absolute atomic E-state index is 12.6. The Bertz CT molecular complexity index is 1680. The molecular formula is C36H30Cl2F6SiTi-2. The zero-order valence-corrected chi connectivity index (χ0v) is 29.5. The van der Waals surface area contributed by atoms with Crippen molar-refractivity contribution in [3.63, 3.8) is 0 Å². The van der Waals surface area contributed by atoms with Gasteiger partial charge in [-0.1, -0.05) is 74.5 Å². The fourth-order valence-electron chi connectivity index (χ4n) is 4.95. The van der Waals surface area contributed by atoms with Gasteiger partial charge in [-0.15, -0.1) is 69.1 Å². The summed E-state index contributed by atoms with van der Waals surface area (Å²) >= 11 is -0.556. The number of aryl methyl sites for hydroxylation is 2. The summed E-state index contributed by atoms with van der Waals surface area (Å²) in [6, 6.07) is 30.6. The van der Waals surface area contributed by atoms with Crippen LogP contribution in [0.5, 0.6) is 0 Å². The summed E-state index contributed by atoms with van der Waals surface area (Å²) < 4.78 is 75.5. The van der Waals surface area contributed by atoms with E-state index in [0.29, 0.717) is 0 Å². The van der Waals surface area contributed by atoms with Crippen LogP contribution < -0.4 is 0 Å². The Morgan fingerprint density at radius 2 is 0.870 bits per heavy atom. The van der Waals surface area contributed by atoms with Crippen molar-refractivity contribution in [2.24, 2.45) is 0 Å². The molecule has 0 unspecified atom stereocenters. The molecule has 0 fully saturated rings. The summed E-state index contributed by atoms with van der Waals surface area (Å²) in [5.41, 5.74) is 4.59. The number of alkyl halides is 6. The molecule has 0 bridgehead atoms. The zero-order valence-electron chi connectivity index (χ0n) is 25.4. The van der Waals surface area contributed by atoms with E-state index in [2.05, 4.69) is 37.4 Å². The number of halogens is 8.